The molecular weight excluding hydrogens is 120 g/mol. The van der Waals surface area contributed by atoms with Gasteiger partial charge >= 0.3 is 0 Å². The van der Waals surface area contributed by atoms with Crippen molar-refractivity contribution in [2.24, 2.45) is 0 Å². The summed E-state index contributed by atoms with van der Waals surface area (Å²) in [7, 11) is 0. The van der Waals surface area contributed by atoms with Crippen molar-refractivity contribution in [2.75, 3.05) is 13.2 Å². The van der Waals surface area contributed by atoms with E-state index >= 15 is 0 Å². The summed E-state index contributed by atoms with van der Waals surface area (Å²) >= 11 is 0. The zero-order valence-corrected chi connectivity index (χ0v) is 5.54. The molecule has 9 heavy (non-hydrogen) atoms. The van der Waals surface area contributed by atoms with Gasteiger partial charge in [0.15, 0.2) is 6.29 Å². The summed E-state index contributed by atoms with van der Waals surface area (Å²) in [5.41, 5.74) is 0. The van der Waals surface area contributed by atoms with E-state index in [1.807, 2.05) is 0 Å². The predicted molar refractivity (Wildman–Crippen MR) is 32.0 cm³/mol. The van der Waals surface area contributed by atoms with Crippen molar-refractivity contribution in [3.8, 4) is 0 Å². The first kappa shape index (κ1) is 6.99. The molecule has 1 atom stereocenters. The van der Waals surface area contributed by atoms with Gasteiger partial charge in [0.05, 0.1) is 13.2 Å². The van der Waals surface area contributed by atoms with E-state index in [2.05, 4.69) is 0 Å². The summed E-state index contributed by atoms with van der Waals surface area (Å²) < 4.78 is 10.1. The van der Waals surface area contributed by atoms with Crippen molar-refractivity contribution in [3.05, 3.63) is 0 Å². The highest BCUT2D eigenvalue weighted by atomic mass is 16.7. The molecule has 0 spiro atoms. The number of ether oxygens (including phenoxy) is 2. The molecule has 0 aromatic carbocycles. The van der Waals surface area contributed by atoms with Crippen LogP contribution in [-0.4, -0.2) is 30.7 Å². The molecule has 3 heteroatoms. The smallest absolute Gasteiger partial charge is 0.183 e. The van der Waals surface area contributed by atoms with E-state index in [4.69, 9.17) is 14.6 Å². The van der Waals surface area contributed by atoms with Crippen molar-refractivity contribution in [1.29, 1.82) is 0 Å². The van der Waals surface area contributed by atoms with E-state index in [0.29, 0.717) is 13.2 Å². The number of rotatable bonds is 1. The quantitative estimate of drug-likeness (QED) is 0.551. The van der Waals surface area contributed by atoms with Crippen molar-refractivity contribution >= 4 is 0 Å². The van der Waals surface area contributed by atoms with Gasteiger partial charge in [-0.25, -0.2) is 0 Å². The molecule has 1 aliphatic rings. The maximum absolute atomic E-state index is 8.93. The van der Waals surface area contributed by atoms with E-state index in [0.717, 1.165) is 6.42 Å². The molecule has 0 saturated carbocycles. The van der Waals surface area contributed by atoms with E-state index in [1.165, 1.54) is 0 Å². The van der Waals surface area contributed by atoms with Crippen LogP contribution in [0.2, 0.25) is 0 Å². The van der Waals surface area contributed by atoms with Crippen molar-refractivity contribution in [1.82, 2.24) is 0 Å². The summed E-state index contributed by atoms with van der Waals surface area (Å²) in [6, 6.07) is 0. The third kappa shape index (κ3) is 1.93. The number of hydrogen-bond donors (Lipinski definition) is 1. The number of hydrogen-bond acceptors (Lipinski definition) is 3. The Bertz CT molecular complexity index is 76.4. The number of aliphatic hydroxyl groups excluding tert-OH is 1. The Labute approximate surface area is 54.6 Å². The summed E-state index contributed by atoms with van der Waals surface area (Å²) in [5, 5.41) is 8.93. The van der Waals surface area contributed by atoms with Crippen LogP contribution in [0.15, 0.2) is 0 Å². The number of aliphatic hydroxyl groups is 1. The Morgan fingerprint density at radius 3 is 2.33 bits per heavy atom. The van der Waals surface area contributed by atoms with E-state index in [1.54, 1.807) is 6.92 Å². The molecule has 0 bridgehead atoms. The molecule has 1 rings (SSSR count). The third-order valence-electron chi connectivity index (χ3n) is 1.25. The Kier molecular flexibility index (Phi) is 2.45. The lowest BCUT2D eigenvalue weighted by atomic mass is 10.3. The lowest BCUT2D eigenvalue weighted by molar-refractivity contribution is -0.218. The van der Waals surface area contributed by atoms with Crippen LogP contribution in [0.4, 0.5) is 0 Å². The van der Waals surface area contributed by atoms with E-state index in [9.17, 15) is 0 Å². The highest BCUT2D eigenvalue weighted by molar-refractivity contribution is 4.56. The highest BCUT2D eigenvalue weighted by Gasteiger charge is 2.18. The molecule has 0 amide bonds. The first-order valence-electron chi connectivity index (χ1n) is 3.22. The van der Waals surface area contributed by atoms with Gasteiger partial charge in [0.2, 0.25) is 0 Å². The van der Waals surface area contributed by atoms with Gasteiger partial charge in [-0.2, -0.15) is 0 Å². The minimum Gasteiger partial charge on any atom is -0.388 e. The summed E-state index contributed by atoms with van der Waals surface area (Å²) in [4.78, 5) is 0. The van der Waals surface area contributed by atoms with Crippen LogP contribution >= 0.6 is 0 Å². The fourth-order valence-electron chi connectivity index (χ4n) is 0.785. The van der Waals surface area contributed by atoms with Crippen molar-refractivity contribution < 1.29 is 14.6 Å². The van der Waals surface area contributed by atoms with Crippen molar-refractivity contribution in [3.63, 3.8) is 0 Å². The van der Waals surface area contributed by atoms with Gasteiger partial charge < -0.3 is 14.6 Å². The summed E-state index contributed by atoms with van der Waals surface area (Å²) in [5.74, 6) is 0. The molecule has 0 aromatic heterocycles. The molecule has 0 radical (unpaired) electrons. The average molecular weight is 132 g/mol. The first-order chi connectivity index (χ1) is 4.30. The molecule has 3 nitrogen and oxygen atoms in total. The van der Waals surface area contributed by atoms with Crippen LogP contribution < -0.4 is 0 Å². The monoisotopic (exact) mass is 132 g/mol. The average Bonchev–Trinajstić information content (AvgIpc) is 1.90. The third-order valence-corrected chi connectivity index (χ3v) is 1.25. The van der Waals surface area contributed by atoms with Gasteiger partial charge in [-0.15, -0.1) is 0 Å². The van der Waals surface area contributed by atoms with Gasteiger partial charge in [-0.3, -0.25) is 0 Å². The van der Waals surface area contributed by atoms with Crippen molar-refractivity contribution in [2.45, 2.75) is 25.7 Å². The van der Waals surface area contributed by atoms with Gasteiger partial charge in [-0.05, 0) is 13.3 Å². The normalized spacial score (nSPS) is 26.0. The van der Waals surface area contributed by atoms with Gasteiger partial charge in [0.1, 0.15) is 6.10 Å². The first-order valence-corrected chi connectivity index (χ1v) is 3.22. The molecule has 1 aliphatic heterocycles. The predicted octanol–water partition coefficient (Wildman–Crippen LogP) is 0.130. The molecule has 1 saturated heterocycles. The highest BCUT2D eigenvalue weighted by Crippen LogP contribution is 2.07. The van der Waals surface area contributed by atoms with Crippen LogP contribution in [0.5, 0.6) is 0 Å². The van der Waals surface area contributed by atoms with Crippen LogP contribution in [0.1, 0.15) is 13.3 Å². The standard InChI is InChI=1S/C6H12O3/c1-5(7)6-8-3-2-4-9-6/h5-7H,2-4H2,1H3/t5-/m0/s1. The zero-order chi connectivity index (χ0) is 6.69. The van der Waals surface area contributed by atoms with Gasteiger partial charge in [0.25, 0.3) is 0 Å². The summed E-state index contributed by atoms with van der Waals surface area (Å²) in [6.45, 7) is 3.07. The largest absolute Gasteiger partial charge is 0.388 e. The van der Waals surface area contributed by atoms with Gasteiger partial charge in [0, 0.05) is 0 Å². The fourth-order valence-corrected chi connectivity index (χ4v) is 0.785. The second-order valence-corrected chi connectivity index (χ2v) is 2.20. The topological polar surface area (TPSA) is 38.7 Å². The summed E-state index contributed by atoms with van der Waals surface area (Å²) in [6.07, 6.45) is 0.0347. The Morgan fingerprint density at radius 2 is 2.00 bits per heavy atom. The Balaban J connectivity index is 2.23. The van der Waals surface area contributed by atoms with Crippen LogP contribution in [0.3, 0.4) is 0 Å². The molecule has 0 aromatic rings. The Morgan fingerprint density at radius 1 is 1.44 bits per heavy atom. The molecule has 1 heterocycles. The maximum Gasteiger partial charge on any atom is 0.183 e. The van der Waals surface area contributed by atoms with Crippen LogP contribution in [-0.2, 0) is 9.47 Å². The van der Waals surface area contributed by atoms with Crippen LogP contribution in [0.25, 0.3) is 0 Å². The second-order valence-electron chi connectivity index (χ2n) is 2.20. The fraction of sp³-hybridized carbons (Fsp3) is 1.00. The lowest BCUT2D eigenvalue weighted by Gasteiger charge is -2.24. The molecular formula is C6H12O3. The second kappa shape index (κ2) is 3.15. The van der Waals surface area contributed by atoms with E-state index in [-0.39, 0.29) is 0 Å². The Hall–Kier alpha value is -0.120. The molecule has 0 aliphatic carbocycles. The van der Waals surface area contributed by atoms with E-state index < -0.39 is 12.4 Å². The lowest BCUT2D eigenvalue weighted by Crippen LogP contribution is -2.33. The molecule has 1 N–H and O–H groups in total. The van der Waals surface area contributed by atoms with Gasteiger partial charge in [-0.1, -0.05) is 0 Å². The minimum absolute atomic E-state index is 0.390. The minimum atomic E-state index is -0.509. The molecule has 1 fully saturated rings. The van der Waals surface area contributed by atoms with Crippen LogP contribution in [0, 0.1) is 0 Å². The molecule has 0 unspecified atom stereocenters. The zero-order valence-electron chi connectivity index (χ0n) is 5.54. The SMILES string of the molecule is C[C@H](O)C1OCCCO1. The maximum atomic E-state index is 8.93. The molecule has 54 valence electrons.